The van der Waals surface area contributed by atoms with Gasteiger partial charge < -0.3 is 9.47 Å². The van der Waals surface area contributed by atoms with Crippen molar-refractivity contribution >= 4 is 5.78 Å². The van der Waals surface area contributed by atoms with Gasteiger partial charge in [0.05, 0.1) is 12.1 Å². The first kappa shape index (κ1) is 10.7. The highest BCUT2D eigenvalue weighted by molar-refractivity contribution is 5.97. The summed E-state index contributed by atoms with van der Waals surface area (Å²) in [6, 6.07) is 5.17. The Kier molecular flexibility index (Phi) is 2.64. The zero-order valence-corrected chi connectivity index (χ0v) is 9.50. The number of nitrogens with zero attached hydrogens (tertiary/aromatic N) is 2. The Morgan fingerprint density at radius 3 is 2.94 bits per heavy atom. The Morgan fingerprint density at radius 2 is 2.11 bits per heavy atom. The molecule has 90 valence electrons. The van der Waals surface area contributed by atoms with E-state index in [0.717, 1.165) is 0 Å². The number of ether oxygens (including phenoxy) is 2. The van der Waals surface area contributed by atoms with E-state index in [2.05, 4.69) is 9.97 Å². The number of hydrogen-bond acceptors (Lipinski definition) is 5. The van der Waals surface area contributed by atoms with Crippen LogP contribution < -0.4 is 9.47 Å². The fraction of sp³-hybridized carbons (Fsp3) is 0.154. The second-order valence-corrected chi connectivity index (χ2v) is 3.86. The molecule has 0 atom stereocenters. The molecular weight excluding hydrogens is 232 g/mol. The largest absolute Gasteiger partial charge is 0.454 e. The van der Waals surface area contributed by atoms with Crippen LogP contribution in [0, 0.1) is 0 Å². The van der Waals surface area contributed by atoms with Gasteiger partial charge in [0.1, 0.15) is 0 Å². The van der Waals surface area contributed by atoms with Crippen molar-refractivity contribution in [3.8, 4) is 11.5 Å². The van der Waals surface area contributed by atoms with Crippen LogP contribution in [0.4, 0.5) is 0 Å². The number of hydrogen-bond donors (Lipinski definition) is 0. The number of rotatable bonds is 3. The molecule has 3 rings (SSSR count). The summed E-state index contributed by atoms with van der Waals surface area (Å²) in [6.07, 6.45) is 4.97. The molecule has 2 aromatic rings. The van der Waals surface area contributed by atoms with E-state index >= 15 is 0 Å². The van der Waals surface area contributed by atoms with Crippen molar-refractivity contribution < 1.29 is 14.3 Å². The van der Waals surface area contributed by atoms with E-state index in [4.69, 9.17) is 9.47 Å². The third kappa shape index (κ3) is 2.02. The van der Waals surface area contributed by atoms with Gasteiger partial charge in [-0.3, -0.25) is 14.8 Å². The van der Waals surface area contributed by atoms with E-state index < -0.39 is 0 Å². The monoisotopic (exact) mass is 242 g/mol. The topological polar surface area (TPSA) is 61.3 Å². The minimum absolute atomic E-state index is 0.0196. The summed E-state index contributed by atoms with van der Waals surface area (Å²) in [5, 5.41) is 0. The van der Waals surface area contributed by atoms with Gasteiger partial charge in [-0.2, -0.15) is 0 Å². The van der Waals surface area contributed by atoms with Crippen molar-refractivity contribution in [3.63, 3.8) is 0 Å². The molecule has 2 heterocycles. The van der Waals surface area contributed by atoms with Crippen LogP contribution in [0.3, 0.4) is 0 Å². The molecule has 0 saturated carbocycles. The van der Waals surface area contributed by atoms with Crippen LogP contribution in [-0.2, 0) is 6.42 Å². The minimum Gasteiger partial charge on any atom is -0.454 e. The smallest absolute Gasteiger partial charge is 0.231 e. The maximum Gasteiger partial charge on any atom is 0.231 e. The Bertz CT molecular complexity index is 584. The predicted octanol–water partition coefficient (Wildman–Crippen LogP) is 1.63. The molecule has 18 heavy (non-hydrogen) atoms. The second kappa shape index (κ2) is 4.44. The maximum atomic E-state index is 12.0. The molecule has 5 nitrogen and oxygen atoms in total. The van der Waals surface area contributed by atoms with Crippen molar-refractivity contribution in [2.45, 2.75) is 6.42 Å². The van der Waals surface area contributed by atoms with E-state index in [1.807, 2.05) is 0 Å². The normalized spacial score (nSPS) is 12.4. The van der Waals surface area contributed by atoms with Crippen LogP contribution >= 0.6 is 0 Å². The Labute approximate surface area is 103 Å². The van der Waals surface area contributed by atoms with Crippen LogP contribution in [0.25, 0.3) is 0 Å². The molecule has 5 heteroatoms. The summed E-state index contributed by atoms with van der Waals surface area (Å²) < 4.78 is 10.4. The highest BCUT2D eigenvalue weighted by Gasteiger charge is 2.16. The van der Waals surface area contributed by atoms with Gasteiger partial charge in [0, 0.05) is 24.2 Å². The summed E-state index contributed by atoms with van der Waals surface area (Å²) in [6.45, 7) is 0.205. The SMILES string of the molecule is O=C(Cc1cnccn1)c1ccc2c(c1)OCO2. The molecule has 1 aromatic carbocycles. The molecule has 0 aliphatic carbocycles. The highest BCUT2D eigenvalue weighted by atomic mass is 16.7. The average Bonchev–Trinajstić information content (AvgIpc) is 2.87. The number of benzene rings is 1. The molecule has 0 fully saturated rings. The van der Waals surface area contributed by atoms with Gasteiger partial charge in [0.25, 0.3) is 0 Å². The van der Waals surface area contributed by atoms with Gasteiger partial charge in [0.2, 0.25) is 6.79 Å². The molecule has 0 unspecified atom stereocenters. The number of fused-ring (bicyclic) bond motifs is 1. The molecule has 0 saturated heterocycles. The van der Waals surface area contributed by atoms with Gasteiger partial charge in [-0.25, -0.2) is 0 Å². The molecule has 0 radical (unpaired) electrons. The van der Waals surface area contributed by atoms with Gasteiger partial charge >= 0.3 is 0 Å². The van der Waals surface area contributed by atoms with Crippen molar-refractivity contribution in [2.24, 2.45) is 0 Å². The lowest BCUT2D eigenvalue weighted by molar-refractivity contribution is 0.0991. The number of aromatic nitrogens is 2. The molecule has 0 N–H and O–H groups in total. The number of carbonyl (C=O) groups excluding carboxylic acids is 1. The van der Waals surface area contributed by atoms with Gasteiger partial charge in [-0.15, -0.1) is 0 Å². The molecule has 0 spiro atoms. The van der Waals surface area contributed by atoms with Crippen molar-refractivity contribution in [3.05, 3.63) is 48.0 Å². The van der Waals surface area contributed by atoms with Crippen molar-refractivity contribution in [1.29, 1.82) is 0 Å². The van der Waals surface area contributed by atoms with E-state index in [9.17, 15) is 4.79 Å². The fourth-order valence-electron chi connectivity index (χ4n) is 1.76. The molecule has 1 aliphatic rings. The number of Topliss-reactive ketones (excluding diaryl/α,β-unsaturated/α-hetero) is 1. The first-order chi connectivity index (χ1) is 8.83. The molecule has 1 aliphatic heterocycles. The Hall–Kier alpha value is -2.43. The summed E-state index contributed by atoms with van der Waals surface area (Å²) in [7, 11) is 0. The van der Waals surface area contributed by atoms with E-state index in [1.54, 1.807) is 36.8 Å². The van der Waals surface area contributed by atoms with Gasteiger partial charge in [-0.1, -0.05) is 0 Å². The van der Waals surface area contributed by atoms with Crippen molar-refractivity contribution in [2.75, 3.05) is 6.79 Å². The van der Waals surface area contributed by atoms with Crippen LogP contribution in [0.1, 0.15) is 16.1 Å². The van der Waals surface area contributed by atoms with Gasteiger partial charge in [-0.05, 0) is 18.2 Å². The third-order valence-electron chi connectivity index (χ3n) is 2.65. The van der Waals surface area contributed by atoms with E-state index in [0.29, 0.717) is 22.8 Å². The van der Waals surface area contributed by atoms with Crippen LogP contribution in [0.2, 0.25) is 0 Å². The lowest BCUT2D eigenvalue weighted by Crippen LogP contribution is -2.05. The molecule has 0 bridgehead atoms. The quantitative estimate of drug-likeness (QED) is 0.765. The predicted molar refractivity (Wildman–Crippen MR) is 62.6 cm³/mol. The number of ketones is 1. The average molecular weight is 242 g/mol. The summed E-state index contributed by atoms with van der Waals surface area (Å²) >= 11 is 0. The third-order valence-corrected chi connectivity index (χ3v) is 2.65. The lowest BCUT2D eigenvalue weighted by Gasteiger charge is -2.02. The van der Waals surface area contributed by atoms with Crippen LogP contribution in [0.15, 0.2) is 36.8 Å². The fourth-order valence-corrected chi connectivity index (χ4v) is 1.76. The first-order valence-corrected chi connectivity index (χ1v) is 5.51. The molecular formula is C13H10N2O3. The lowest BCUT2D eigenvalue weighted by atomic mass is 10.1. The van der Waals surface area contributed by atoms with E-state index in [1.165, 1.54) is 0 Å². The zero-order chi connectivity index (χ0) is 12.4. The summed E-state index contributed by atoms with van der Waals surface area (Å²) in [5.74, 6) is 1.26. The maximum absolute atomic E-state index is 12.0. The minimum atomic E-state index is -0.0196. The van der Waals surface area contributed by atoms with Crippen molar-refractivity contribution in [1.82, 2.24) is 9.97 Å². The Morgan fingerprint density at radius 1 is 1.22 bits per heavy atom. The van der Waals surface area contributed by atoms with Gasteiger partial charge in [0.15, 0.2) is 17.3 Å². The van der Waals surface area contributed by atoms with Crippen LogP contribution in [-0.4, -0.2) is 22.5 Å². The molecule has 1 aromatic heterocycles. The summed E-state index contributed by atoms with van der Waals surface area (Å²) in [4.78, 5) is 20.1. The van der Waals surface area contributed by atoms with Crippen LogP contribution in [0.5, 0.6) is 11.5 Å². The Balaban J connectivity index is 1.81. The molecule has 0 amide bonds. The first-order valence-electron chi connectivity index (χ1n) is 5.51. The number of carbonyl (C=O) groups is 1. The highest BCUT2D eigenvalue weighted by Crippen LogP contribution is 2.32. The summed E-state index contributed by atoms with van der Waals surface area (Å²) in [5.41, 5.74) is 1.24. The van der Waals surface area contributed by atoms with E-state index in [-0.39, 0.29) is 19.0 Å². The second-order valence-electron chi connectivity index (χ2n) is 3.86. The standard InChI is InChI=1S/C13H10N2O3/c16-11(6-10-7-14-3-4-15-10)9-1-2-12-13(5-9)18-8-17-12/h1-5,7H,6,8H2. The zero-order valence-electron chi connectivity index (χ0n) is 9.50.